The monoisotopic (exact) mass is 277 g/mol. The Kier molecular flexibility index (Phi) is 4.87. The minimum absolute atomic E-state index is 0.204. The van der Waals surface area contributed by atoms with E-state index < -0.39 is 0 Å². The van der Waals surface area contributed by atoms with E-state index >= 15 is 0 Å². The summed E-state index contributed by atoms with van der Waals surface area (Å²) in [5, 5.41) is 2.48. The molecule has 0 radical (unpaired) electrons. The van der Waals surface area contributed by atoms with Crippen LogP contribution in [0, 0.1) is 6.92 Å². The quantitative estimate of drug-likeness (QED) is 0.807. The van der Waals surface area contributed by atoms with Crippen molar-refractivity contribution in [2.75, 3.05) is 0 Å². The Morgan fingerprint density at radius 3 is 2.50 bits per heavy atom. The Bertz CT molecular complexity index is 462. The van der Waals surface area contributed by atoms with Gasteiger partial charge in [0.2, 0.25) is 0 Å². The summed E-state index contributed by atoms with van der Waals surface area (Å²) in [5.74, 6) is 0. The number of rotatable bonds is 5. The zero-order valence-corrected chi connectivity index (χ0v) is 12.4. The molecule has 2 N–H and O–H groups in total. The van der Waals surface area contributed by atoms with Crippen molar-refractivity contribution in [3.05, 3.63) is 52.2 Å². The van der Waals surface area contributed by atoms with E-state index in [2.05, 4.69) is 55.6 Å². The topological polar surface area (TPSA) is 26.0 Å². The predicted molar refractivity (Wildman–Crippen MR) is 82.4 cm³/mol. The van der Waals surface area contributed by atoms with Crippen molar-refractivity contribution in [3.63, 3.8) is 0 Å². The van der Waals surface area contributed by atoms with Crippen molar-refractivity contribution in [2.45, 2.75) is 36.5 Å². The van der Waals surface area contributed by atoms with Gasteiger partial charge in [-0.3, -0.25) is 0 Å². The highest BCUT2D eigenvalue weighted by Gasteiger charge is 2.20. The van der Waals surface area contributed by atoms with Crippen LogP contribution < -0.4 is 5.73 Å². The van der Waals surface area contributed by atoms with Gasteiger partial charge >= 0.3 is 0 Å². The van der Waals surface area contributed by atoms with Gasteiger partial charge in [0.15, 0.2) is 0 Å². The van der Waals surface area contributed by atoms with Crippen molar-refractivity contribution in [1.29, 1.82) is 0 Å². The zero-order valence-electron chi connectivity index (χ0n) is 10.8. The van der Waals surface area contributed by atoms with Crippen molar-refractivity contribution < 1.29 is 0 Å². The molecule has 0 bridgehead atoms. The summed E-state index contributed by atoms with van der Waals surface area (Å²) < 4.78 is 0. The molecule has 0 aliphatic rings. The van der Waals surface area contributed by atoms with Crippen LogP contribution in [0.15, 0.2) is 46.7 Å². The average molecular weight is 277 g/mol. The zero-order chi connectivity index (χ0) is 13.0. The van der Waals surface area contributed by atoms with Crippen LogP contribution in [0.5, 0.6) is 0 Å². The SMILES string of the molecule is CCC(N)C(Sc1ccc(C)cc1)c1cccs1. The summed E-state index contributed by atoms with van der Waals surface area (Å²) in [6, 6.07) is 13.2. The van der Waals surface area contributed by atoms with Crippen LogP contribution in [0.2, 0.25) is 0 Å². The maximum atomic E-state index is 6.27. The highest BCUT2D eigenvalue weighted by atomic mass is 32.2. The molecule has 1 aromatic carbocycles. The van der Waals surface area contributed by atoms with Crippen LogP contribution in [0.25, 0.3) is 0 Å². The number of nitrogens with two attached hydrogens (primary N) is 1. The molecule has 1 nitrogen and oxygen atoms in total. The molecule has 0 saturated carbocycles. The lowest BCUT2D eigenvalue weighted by Gasteiger charge is -2.21. The van der Waals surface area contributed by atoms with E-state index in [0.717, 1.165) is 6.42 Å². The summed E-state index contributed by atoms with van der Waals surface area (Å²) in [6.45, 7) is 4.27. The normalized spacial score (nSPS) is 14.4. The van der Waals surface area contributed by atoms with Gasteiger partial charge in [-0.2, -0.15) is 0 Å². The van der Waals surface area contributed by atoms with Crippen molar-refractivity contribution >= 4 is 23.1 Å². The van der Waals surface area contributed by atoms with Gasteiger partial charge in [-0.15, -0.1) is 23.1 Å². The molecule has 1 heterocycles. The Labute approximate surface area is 117 Å². The van der Waals surface area contributed by atoms with Crippen LogP contribution in [0.1, 0.15) is 29.0 Å². The molecule has 96 valence electrons. The number of hydrogen-bond acceptors (Lipinski definition) is 3. The number of aryl methyl sites for hydroxylation is 1. The molecule has 2 aromatic rings. The van der Waals surface area contributed by atoms with Gasteiger partial charge in [0.1, 0.15) is 0 Å². The number of benzene rings is 1. The van der Waals surface area contributed by atoms with E-state index in [4.69, 9.17) is 5.73 Å². The minimum Gasteiger partial charge on any atom is -0.326 e. The number of thioether (sulfide) groups is 1. The second-order valence-electron chi connectivity index (χ2n) is 4.44. The van der Waals surface area contributed by atoms with Gasteiger partial charge in [0, 0.05) is 15.8 Å². The molecule has 2 unspecified atom stereocenters. The summed E-state index contributed by atoms with van der Waals surface area (Å²) in [6.07, 6.45) is 1.00. The summed E-state index contributed by atoms with van der Waals surface area (Å²) >= 11 is 3.67. The first-order valence-electron chi connectivity index (χ1n) is 6.23. The lowest BCUT2D eigenvalue weighted by atomic mass is 10.1. The molecule has 18 heavy (non-hydrogen) atoms. The number of hydrogen-bond donors (Lipinski definition) is 1. The van der Waals surface area contributed by atoms with Gasteiger partial charge in [0.05, 0.1) is 5.25 Å². The average Bonchev–Trinajstić information content (AvgIpc) is 2.91. The van der Waals surface area contributed by atoms with Crippen LogP contribution in [0.3, 0.4) is 0 Å². The molecule has 3 heteroatoms. The Balaban J connectivity index is 2.17. The Hall–Kier alpha value is -0.770. The lowest BCUT2D eigenvalue weighted by Crippen LogP contribution is -2.25. The molecule has 2 rings (SSSR count). The van der Waals surface area contributed by atoms with Crippen molar-refractivity contribution in [3.8, 4) is 0 Å². The highest BCUT2D eigenvalue weighted by molar-refractivity contribution is 7.99. The third-order valence-electron chi connectivity index (χ3n) is 2.97. The summed E-state index contributed by atoms with van der Waals surface area (Å²) in [5.41, 5.74) is 7.57. The van der Waals surface area contributed by atoms with E-state index in [0.29, 0.717) is 5.25 Å². The van der Waals surface area contributed by atoms with E-state index in [1.807, 2.05) is 11.8 Å². The van der Waals surface area contributed by atoms with Crippen LogP contribution >= 0.6 is 23.1 Å². The first kappa shape index (κ1) is 13.7. The van der Waals surface area contributed by atoms with Gasteiger partial charge in [-0.1, -0.05) is 30.7 Å². The smallest absolute Gasteiger partial charge is 0.0589 e. The van der Waals surface area contributed by atoms with Gasteiger partial charge in [0.25, 0.3) is 0 Å². The largest absolute Gasteiger partial charge is 0.326 e. The second kappa shape index (κ2) is 6.41. The maximum Gasteiger partial charge on any atom is 0.0589 e. The van der Waals surface area contributed by atoms with Gasteiger partial charge < -0.3 is 5.73 Å². The first-order valence-corrected chi connectivity index (χ1v) is 7.99. The molecule has 0 saturated heterocycles. The van der Waals surface area contributed by atoms with Gasteiger partial charge in [-0.25, -0.2) is 0 Å². The molecular weight excluding hydrogens is 258 g/mol. The fourth-order valence-electron chi connectivity index (χ4n) is 1.79. The van der Waals surface area contributed by atoms with Crippen molar-refractivity contribution in [1.82, 2.24) is 0 Å². The van der Waals surface area contributed by atoms with Crippen molar-refractivity contribution in [2.24, 2.45) is 5.73 Å². The fourth-order valence-corrected chi connectivity index (χ4v) is 4.03. The van der Waals surface area contributed by atoms with Crippen LogP contribution in [0.4, 0.5) is 0 Å². The number of thiophene rings is 1. The predicted octanol–water partition coefficient (Wildman–Crippen LogP) is 4.63. The fraction of sp³-hybridized carbons (Fsp3) is 0.333. The standard InChI is InChI=1S/C15H19NS2/c1-3-13(16)15(14-5-4-10-17-14)18-12-8-6-11(2)7-9-12/h4-10,13,15H,3,16H2,1-2H3. The minimum atomic E-state index is 0.204. The van der Waals surface area contributed by atoms with Crippen LogP contribution in [-0.2, 0) is 0 Å². The van der Waals surface area contributed by atoms with E-state index in [-0.39, 0.29) is 6.04 Å². The van der Waals surface area contributed by atoms with E-state index in [9.17, 15) is 0 Å². The molecular formula is C15H19NS2. The molecule has 1 aromatic heterocycles. The molecule has 2 atom stereocenters. The Morgan fingerprint density at radius 2 is 1.94 bits per heavy atom. The third-order valence-corrected chi connectivity index (χ3v) is 5.47. The summed E-state index contributed by atoms with van der Waals surface area (Å²) in [7, 11) is 0. The lowest BCUT2D eigenvalue weighted by molar-refractivity contribution is 0.640. The van der Waals surface area contributed by atoms with E-state index in [1.165, 1.54) is 15.3 Å². The van der Waals surface area contributed by atoms with Gasteiger partial charge in [-0.05, 0) is 36.9 Å². The maximum absolute atomic E-state index is 6.27. The highest BCUT2D eigenvalue weighted by Crippen LogP contribution is 2.39. The Morgan fingerprint density at radius 1 is 1.22 bits per heavy atom. The summed E-state index contributed by atoms with van der Waals surface area (Å²) in [4.78, 5) is 2.66. The third kappa shape index (κ3) is 3.37. The molecule has 0 aliphatic heterocycles. The molecule has 0 fully saturated rings. The molecule has 0 aliphatic carbocycles. The second-order valence-corrected chi connectivity index (χ2v) is 6.63. The van der Waals surface area contributed by atoms with E-state index in [1.54, 1.807) is 11.3 Å². The molecule has 0 amide bonds. The molecule has 0 spiro atoms. The van der Waals surface area contributed by atoms with Crippen LogP contribution in [-0.4, -0.2) is 6.04 Å². The first-order chi connectivity index (χ1) is 8.70.